The number of hydrogen-bond acceptors (Lipinski definition) is 3. The number of nitrogens with zero attached hydrogens (tertiary/aromatic N) is 2. The average molecular weight is 279 g/mol. The molecule has 0 spiro atoms. The van der Waals surface area contributed by atoms with E-state index in [1.807, 2.05) is 25.6 Å². The van der Waals surface area contributed by atoms with Crippen LogP contribution in [0.25, 0.3) is 0 Å². The number of hydrogen-bond donors (Lipinski definition) is 2. The predicted molar refractivity (Wildman–Crippen MR) is 77.4 cm³/mol. The van der Waals surface area contributed by atoms with E-state index < -0.39 is 0 Å². The van der Waals surface area contributed by atoms with Crippen LogP contribution in [0.4, 0.5) is 0 Å². The van der Waals surface area contributed by atoms with Gasteiger partial charge in [-0.3, -0.25) is 9.48 Å². The van der Waals surface area contributed by atoms with Crippen molar-refractivity contribution < 1.29 is 9.90 Å². The van der Waals surface area contributed by atoms with E-state index in [1.165, 1.54) is 18.4 Å². The van der Waals surface area contributed by atoms with Gasteiger partial charge < -0.3 is 10.4 Å². The lowest BCUT2D eigenvalue weighted by molar-refractivity contribution is -0.122. The summed E-state index contributed by atoms with van der Waals surface area (Å²) in [5, 5.41) is 16.5. The van der Waals surface area contributed by atoms with Gasteiger partial charge >= 0.3 is 0 Å². The first-order valence-corrected chi connectivity index (χ1v) is 7.42. The van der Waals surface area contributed by atoms with Gasteiger partial charge in [0.05, 0.1) is 5.69 Å². The standard InChI is InChI=1S/C15H25N3O2/c1-10-13(11(2)18(3)17-10)6-7-15(20)16-14(8-9-19)12-4-5-12/h12,14,19H,4-9H2,1-3H3,(H,16,20)/t14-/m0/s1. The van der Waals surface area contributed by atoms with Gasteiger partial charge in [-0.05, 0) is 51.0 Å². The Morgan fingerprint density at radius 1 is 1.50 bits per heavy atom. The summed E-state index contributed by atoms with van der Waals surface area (Å²) in [7, 11) is 1.93. The number of carbonyl (C=O) groups excluding carboxylic acids is 1. The Morgan fingerprint density at radius 2 is 2.20 bits per heavy atom. The Morgan fingerprint density at radius 3 is 2.70 bits per heavy atom. The molecular weight excluding hydrogens is 254 g/mol. The molecule has 0 bridgehead atoms. The van der Waals surface area contributed by atoms with Crippen LogP contribution in [0, 0.1) is 19.8 Å². The smallest absolute Gasteiger partial charge is 0.220 e. The second kappa shape index (κ2) is 6.39. The van der Waals surface area contributed by atoms with Crippen molar-refractivity contribution in [1.82, 2.24) is 15.1 Å². The van der Waals surface area contributed by atoms with Crippen molar-refractivity contribution in [3.05, 3.63) is 17.0 Å². The zero-order valence-corrected chi connectivity index (χ0v) is 12.6. The minimum absolute atomic E-state index is 0.0815. The maximum absolute atomic E-state index is 12.0. The molecule has 0 saturated heterocycles. The topological polar surface area (TPSA) is 67.2 Å². The number of aliphatic hydroxyl groups is 1. The number of aryl methyl sites for hydroxylation is 2. The Labute approximate surface area is 120 Å². The largest absolute Gasteiger partial charge is 0.396 e. The summed E-state index contributed by atoms with van der Waals surface area (Å²) in [6.07, 6.45) is 4.23. The molecular formula is C15H25N3O2. The maximum atomic E-state index is 12.0. The lowest BCUT2D eigenvalue weighted by Crippen LogP contribution is -2.37. The fraction of sp³-hybridized carbons (Fsp3) is 0.733. The van der Waals surface area contributed by atoms with Gasteiger partial charge in [0.1, 0.15) is 0 Å². The minimum atomic E-state index is 0.0815. The highest BCUT2D eigenvalue weighted by Gasteiger charge is 2.31. The molecule has 20 heavy (non-hydrogen) atoms. The van der Waals surface area contributed by atoms with Gasteiger partial charge in [0.15, 0.2) is 0 Å². The van der Waals surface area contributed by atoms with Gasteiger partial charge in [-0.25, -0.2) is 0 Å². The molecule has 1 aliphatic carbocycles. The van der Waals surface area contributed by atoms with Gasteiger partial charge in [-0.15, -0.1) is 0 Å². The van der Waals surface area contributed by atoms with Crippen LogP contribution in [0.15, 0.2) is 0 Å². The fourth-order valence-corrected chi connectivity index (χ4v) is 2.76. The molecule has 0 aromatic carbocycles. The van der Waals surface area contributed by atoms with Crippen molar-refractivity contribution in [3.8, 4) is 0 Å². The molecule has 1 aromatic rings. The molecule has 1 saturated carbocycles. The molecule has 0 aliphatic heterocycles. The van der Waals surface area contributed by atoms with Gasteiger partial charge in [-0.1, -0.05) is 0 Å². The zero-order valence-electron chi connectivity index (χ0n) is 12.6. The zero-order chi connectivity index (χ0) is 14.7. The third-order valence-electron chi connectivity index (χ3n) is 4.24. The molecule has 1 fully saturated rings. The van der Waals surface area contributed by atoms with Crippen LogP contribution in [0.2, 0.25) is 0 Å². The molecule has 1 amide bonds. The molecule has 112 valence electrons. The van der Waals surface area contributed by atoms with Crippen molar-refractivity contribution in [1.29, 1.82) is 0 Å². The van der Waals surface area contributed by atoms with E-state index in [-0.39, 0.29) is 18.6 Å². The number of aromatic nitrogens is 2. The van der Waals surface area contributed by atoms with E-state index >= 15 is 0 Å². The number of aliphatic hydroxyl groups excluding tert-OH is 1. The fourth-order valence-electron chi connectivity index (χ4n) is 2.76. The molecule has 1 atom stereocenters. The molecule has 2 N–H and O–H groups in total. The van der Waals surface area contributed by atoms with Gasteiger partial charge in [-0.2, -0.15) is 5.10 Å². The Balaban J connectivity index is 1.85. The monoisotopic (exact) mass is 279 g/mol. The summed E-state index contributed by atoms with van der Waals surface area (Å²) in [5.74, 6) is 0.658. The number of carbonyl (C=O) groups is 1. The first-order valence-electron chi connectivity index (χ1n) is 7.42. The Hall–Kier alpha value is -1.36. The highest BCUT2D eigenvalue weighted by Crippen LogP contribution is 2.33. The Bertz CT molecular complexity index is 478. The SMILES string of the molecule is Cc1nn(C)c(C)c1CCC(=O)N[C@@H](CCO)C1CC1. The van der Waals surface area contributed by atoms with Crippen LogP contribution in [0.3, 0.4) is 0 Å². The summed E-state index contributed by atoms with van der Waals surface area (Å²) in [5.41, 5.74) is 3.31. The molecule has 5 nitrogen and oxygen atoms in total. The number of amides is 1. The molecule has 5 heteroatoms. The minimum Gasteiger partial charge on any atom is -0.396 e. The van der Waals surface area contributed by atoms with Crippen molar-refractivity contribution in [2.75, 3.05) is 6.61 Å². The molecule has 2 rings (SSSR count). The molecule has 0 radical (unpaired) electrons. The third kappa shape index (κ3) is 3.60. The van der Waals surface area contributed by atoms with Crippen LogP contribution < -0.4 is 5.32 Å². The van der Waals surface area contributed by atoms with Crippen LogP contribution in [-0.4, -0.2) is 33.4 Å². The van der Waals surface area contributed by atoms with Crippen LogP contribution in [-0.2, 0) is 18.3 Å². The summed E-state index contributed by atoms with van der Waals surface area (Å²) in [4.78, 5) is 12.0. The second-order valence-electron chi connectivity index (χ2n) is 5.80. The third-order valence-corrected chi connectivity index (χ3v) is 4.24. The van der Waals surface area contributed by atoms with E-state index in [2.05, 4.69) is 10.4 Å². The number of rotatable bonds is 7. The van der Waals surface area contributed by atoms with Gasteiger partial charge in [0, 0.05) is 31.8 Å². The van der Waals surface area contributed by atoms with E-state index in [4.69, 9.17) is 5.11 Å². The Kier molecular flexibility index (Phi) is 4.81. The van der Waals surface area contributed by atoms with E-state index in [9.17, 15) is 4.79 Å². The molecule has 1 aliphatic rings. The first kappa shape index (κ1) is 15.0. The van der Waals surface area contributed by atoms with E-state index in [1.54, 1.807) is 0 Å². The van der Waals surface area contributed by atoms with Crippen molar-refractivity contribution in [2.24, 2.45) is 13.0 Å². The molecule has 1 heterocycles. The predicted octanol–water partition coefficient (Wildman–Crippen LogP) is 1.25. The summed E-state index contributed by atoms with van der Waals surface area (Å²) >= 11 is 0. The summed E-state index contributed by atoms with van der Waals surface area (Å²) < 4.78 is 1.86. The van der Waals surface area contributed by atoms with E-state index in [0.29, 0.717) is 18.8 Å². The highest BCUT2D eigenvalue weighted by molar-refractivity contribution is 5.76. The van der Waals surface area contributed by atoms with Gasteiger partial charge in [0.2, 0.25) is 5.91 Å². The second-order valence-corrected chi connectivity index (χ2v) is 5.80. The highest BCUT2D eigenvalue weighted by atomic mass is 16.3. The van der Waals surface area contributed by atoms with Crippen molar-refractivity contribution >= 4 is 5.91 Å². The van der Waals surface area contributed by atoms with Gasteiger partial charge in [0.25, 0.3) is 0 Å². The van der Waals surface area contributed by atoms with Crippen molar-refractivity contribution in [2.45, 2.75) is 52.0 Å². The quantitative estimate of drug-likeness (QED) is 0.789. The molecule has 1 aromatic heterocycles. The van der Waals surface area contributed by atoms with Crippen LogP contribution in [0.1, 0.15) is 42.6 Å². The van der Waals surface area contributed by atoms with E-state index in [0.717, 1.165) is 17.8 Å². The number of nitrogens with one attached hydrogen (secondary N) is 1. The maximum Gasteiger partial charge on any atom is 0.220 e. The van der Waals surface area contributed by atoms with Crippen molar-refractivity contribution in [3.63, 3.8) is 0 Å². The lowest BCUT2D eigenvalue weighted by Gasteiger charge is -2.17. The van der Waals surface area contributed by atoms with Crippen LogP contribution >= 0.6 is 0 Å². The average Bonchev–Trinajstić information content (AvgIpc) is 3.18. The normalized spacial score (nSPS) is 16.2. The summed E-state index contributed by atoms with van der Waals surface area (Å²) in [6.45, 7) is 4.16. The first-order chi connectivity index (χ1) is 9.52. The summed E-state index contributed by atoms with van der Waals surface area (Å²) in [6, 6.07) is 0.156. The lowest BCUT2D eigenvalue weighted by atomic mass is 10.1. The van der Waals surface area contributed by atoms with Crippen LogP contribution in [0.5, 0.6) is 0 Å². The molecule has 0 unspecified atom stereocenters.